The molecule has 2 heterocycles. The highest BCUT2D eigenvalue weighted by Gasteiger charge is 2.53. The standard InChI is InChI=1S/C22H38O10/c1-9-14(23)16(25)18(27)20(31-9)30-8-13-15(24)17(26)19(28)21(32-13)29-7-12-10-4-5-11(6-10)22(12,2)3/h9-21,23-28H,4-8H2,1-3H3/t9-,10-,11+,12+,13-,14-,15-,16+,17+,18-,19-,20-,21-/m0/s1. The van der Waals surface area contributed by atoms with E-state index in [0.717, 1.165) is 0 Å². The van der Waals surface area contributed by atoms with Gasteiger partial charge in [-0.2, -0.15) is 0 Å². The normalized spacial score (nSPS) is 53.0. The largest absolute Gasteiger partial charge is 0.388 e. The second kappa shape index (κ2) is 9.33. The third-order valence-corrected chi connectivity index (χ3v) is 8.39. The summed E-state index contributed by atoms with van der Waals surface area (Å²) in [4.78, 5) is 0. The van der Waals surface area contributed by atoms with Crippen molar-refractivity contribution in [2.24, 2.45) is 23.2 Å². The molecule has 2 saturated carbocycles. The summed E-state index contributed by atoms with van der Waals surface area (Å²) in [7, 11) is 0. The van der Waals surface area contributed by atoms with Crippen molar-refractivity contribution in [3.8, 4) is 0 Å². The summed E-state index contributed by atoms with van der Waals surface area (Å²) in [5.41, 5.74) is 0.139. The highest BCUT2D eigenvalue weighted by molar-refractivity contribution is 5.02. The van der Waals surface area contributed by atoms with E-state index in [1.54, 1.807) is 0 Å². The molecule has 0 amide bonds. The number of hydrogen-bond acceptors (Lipinski definition) is 10. The second-order valence-corrected chi connectivity index (χ2v) is 10.6. The molecule has 10 heteroatoms. The number of aliphatic hydroxyl groups is 6. The van der Waals surface area contributed by atoms with Crippen LogP contribution in [-0.4, -0.2) is 105 Å². The molecule has 0 spiro atoms. The first kappa shape index (κ1) is 24.7. The molecule has 2 bridgehead atoms. The Hall–Kier alpha value is -0.400. The van der Waals surface area contributed by atoms with Gasteiger partial charge < -0.3 is 49.6 Å². The first-order chi connectivity index (χ1) is 15.0. The summed E-state index contributed by atoms with van der Waals surface area (Å²) in [6.45, 7) is 6.13. The lowest BCUT2D eigenvalue weighted by Crippen LogP contribution is -2.61. The van der Waals surface area contributed by atoms with Crippen molar-refractivity contribution in [1.29, 1.82) is 0 Å². The predicted octanol–water partition coefficient (Wildman–Crippen LogP) is -1.27. The predicted molar refractivity (Wildman–Crippen MR) is 109 cm³/mol. The summed E-state index contributed by atoms with van der Waals surface area (Å²) in [5, 5.41) is 60.9. The van der Waals surface area contributed by atoms with Crippen LogP contribution in [0.15, 0.2) is 0 Å². The van der Waals surface area contributed by atoms with Crippen molar-refractivity contribution in [3.63, 3.8) is 0 Å². The quantitative estimate of drug-likeness (QED) is 0.281. The molecule has 4 fully saturated rings. The van der Waals surface area contributed by atoms with Crippen LogP contribution in [0.2, 0.25) is 0 Å². The van der Waals surface area contributed by atoms with Gasteiger partial charge in [-0.05, 0) is 49.4 Å². The van der Waals surface area contributed by atoms with Gasteiger partial charge >= 0.3 is 0 Å². The molecule has 13 atom stereocenters. The fourth-order valence-corrected chi connectivity index (χ4v) is 6.05. The number of rotatable bonds is 6. The lowest BCUT2D eigenvalue weighted by molar-refractivity contribution is -0.330. The molecule has 32 heavy (non-hydrogen) atoms. The highest BCUT2D eigenvalue weighted by atomic mass is 16.7. The average Bonchev–Trinajstić information content (AvgIpc) is 3.33. The smallest absolute Gasteiger partial charge is 0.186 e. The minimum absolute atomic E-state index is 0.139. The van der Waals surface area contributed by atoms with Crippen LogP contribution >= 0.6 is 0 Å². The van der Waals surface area contributed by atoms with Gasteiger partial charge in [-0.25, -0.2) is 0 Å². The van der Waals surface area contributed by atoms with E-state index < -0.39 is 61.4 Å². The van der Waals surface area contributed by atoms with E-state index in [1.807, 2.05) is 0 Å². The molecule has 2 saturated heterocycles. The molecule has 4 aliphatic rings. The van der Waals surface area contributed by atoms with Crippen molar-refractivity contribution in [2.45, 2.75) is 101 Å². The molecule has 0 radical (unpaired) electrons. The number of hydrogen-bond donors (Lipinski definition) is 6. The Kier molecular flexibility index (Phi) is 7.21. The Balaban J connectivity index is 1.34. The zero-order valence-corrected chi connectivity index (χ0v) is 18.9. The van der Waals surface area contributed by atoms with Crippen molar-refractivity contribution < 1.29 is 49.6 Å². The molecule has 0 aromatic carbocycles. The first-order valence-electron chi connectivity index (χ1n) is 11.6. The zero-order valence-electron chi connectivity index (χ0n) is 18.9. The lowest BCUT2D eigenvalue weighted by Gasteiger charge is -2.43. The van der Waals surface area contributed by atoms with E-state index >= 15 is 0 Å². The maximum Gasteiger partial charge on any atom is 0.186 e. The first-order valence-corrected chi connectivity index (χ1v) is 11.6. The van der Waals surface area contributed by atoms with Crippen molar-refractivity contribution in [3.05, 3.63) is 0 Å². The van der Waals surface area contributed by atoms with Crippen LogP contribution in [0, 0.1) is 23.2 Å². The summed E-state index contributed by atoms with van der Waals surface area (Å²) in [6, 6.07) is 0. The minimum atomic E-state index is -1.50. The van der Waals surface area contributed by atoms with Gasteiger partial charge in [0.25, 0.3) is 0 Å². The molecular weight excluding hydrogens is 424 g/mol. The van der Waals surface area contributed by atoms with Crippen LogP contribution in [0.3, 0.4) is 0 Å². The highest BCUT2D eigenvalue weighted by Crippen LogP contribution is 2.59. The van der Waals surface area contributed by atoms with Crippen molar-refractivity contribution >= 4 is 0 Å². The van der Waals surface area contributed by atoms with Gasteiger partial charge in [0, 0.05) is 0 Å². The van der Waals surface area contributed by atoms with Crippen LogP contribution in [0.4, 0.5) is 0 Å². The Labute approximate surface area is 188 Å². The van der Waals surface area contributed by atoms with Gasteiger partial charge in [-0.3, -0.25) is 0 Å². The van der Waals surface area contributed by atoms with E-state index in [4.69, 9.17) is 18.9 Å². The van der Waals surface area contributed by atoms with Crippen molar-refractivity contribution in [2.75, 3.05) is 13.2 Å². The topological polar surface area (TPSA) is 158 Å². The molecule has 0 unspecified atom stereocenters. The molecule has 4 rings (SSSR count). The third kappa shape index (κ3) is 4.35. The molecule has 0 aromatic heterocycles. The summed E-state index contributed by atoms with van der Waals surface area (Å²) >= 11 is 0. The van der Waals surface area contributed by atoms with Gasteiger partial charge in [0.2, 0.25) is 0 Å². The van der Waals surface area contributed by atoms with Gasteiger partial charge in [0.15, 0.2) is 12.6 Å². The fraction of sp³-hybridized carbons (Fsp3) is 1.00. The Bertz CT molecular complexity index is 646. The van der Waals surface area contributed by atoms with Crippen LogP contribution in [0.5, 0.6) is 0 Å². The molecule has 10 nitrogen and oxygen atoms in total. The zero-order chi connectivity index (χ0) is 23.4. The van der Waals surface area contributed by atoms with Gasteiger partial charge in [0.05, 0.1) is 19.3 Å². The van der Waals surface area contributed by atoms with Crippen LogP contribution < -0.4 is 0 Å². The number of aliphatic hydroxyl groups excluding tert-OH is 6. The van der Waals surface area contributed by atoms with Gasteiger partial charge in [0.1, 0.15) is 42.7 Å². The molecular formula is C22H38O10. The van der Waals surface area contributed by atoms with E-state index in [9.17, 15) is 30.6 Å². The maximum atomic E-state index is 10.4. The van der Waals surface area contributed by atoms with Crippen LogP contribution in [0.25, 0.3) is 0 Å². The van der Waals surface area contributed by atoms with Crippen LogP contribution in [-0.2, 0) is 18.9 Å². The monoisotopic (exact) mass is 462 g/mol. The maximum absolute atomic E-state index is 10.4. The summed E-state index contributed by atoms with van der Waals surface area (Å²) < 4.78 is 22.5. The second-order valence-electron chi connectivity index (χ2n) is 10.6. The van der Waals surface area contributed by atoms with Crippen LogP contribution in [0.1, 0.15) is 40.0 Å². The molecule has 6 N–H and O–H groups in total. The van der Waals surface area contributed by atoms with E-state index in [2.05, 4.69) is 13.8 Å². The van der Waals surface area contributed by atoms with E-state index in [0.29, 0.717) is 24.4 Å². The Morgan fingerprint density at radius 2 is 1.34 bits per heavy atom. The number of ether oxygens (including phenoxy) is 4. The minimum Gasteiger partial charge on any atom is -0.388 e. The summed E-state index contributed by atoms with van der Waals surface area (Å²) in [6.07, 6.45) is -9.19. The van der Waals surface area contributed by atoms with Crippen molar-refractivity contribution in [1.82, 2.24) is 0 Å². The number of fused-ring (bicyclic) bond motifs is 2. The molecule has 186 valence electrons. The Morgan fingerprint density at radius 1 is 0.750 bits per heavy atom. The SMILES string of the molecule is C[C@@H]1O[C@H](OC[C@@H]2O[C@H](OC[C@@H]3[C@H]4CC[C@H](C4)C3(C)C)[C@@H](O)[C@H](O)[C@H]2O)[C@@H](O)[C@H](O)[C@H]1O. The summed E-state index contributed by atoms with van der Waals surface area (Å²) in [5.74, 6) is 1.58. The van der Waals surface area contributed by atoms with Gasteiger partial charge in [-0.15, -0.1) is 0 Å². The average molecular weight is 463 g/mol. The molecule has 2 aliphatic heterocycles. The Morgan fingerprint density at radius 3 is 1.97 bits per heavy atom. The molecule has 0 aromatic rings. The molecule has 2 aliphatic carbocycles. The third-order valence-electron chi connectivity index (χ3n) is 8.39. The van der Waals surface area contributed by atoms with E-state index in [-0.39, 0.29) is 12.0 Å². The van der Waals surface area contributed by atoms with E-state index in [1.165, 1.54) is 26.2 Å². The fourth-order valence-electron chi connectivity index (χ4n) is 6.05. The lowest BCUT2D eigenvalue weighted by atomic mass is 9.69. The van der Waals surface area contributed by atoms with Gasteiger partial charge in [-0.1, -0.05) is 13.8 Å².